The molecule has 0 atom stereocenters. The summed E-state index contributed by atoms with van der Waals surface area (Å²) in [5, 5.41) is 19.6. The first-order valence-corrected chi connectivity index (χ1v) is 4.55. The topological polar surface area (TPSA) is 66.9 Å². The van der Waals surface area contributed by atoms with Crippen molar-refractivity contribution in [2.45, 2.75) is 5.33 Å². The molecule has 1 aromatic carbocycles. The number of alkyl halides is 1. The Morgan fingerprint density at radius 1 is 1.62 bits per heavy atom. The van der Waals surface area contributed by atoms with Crippen molar-refractivity contribution in [3.8, 4) is 6.07 Å². The first-order valence-electron chi connectivity index (χ1n) is 3.43. The van der Waals surface area contributed by atoms with Crippen LogP contribution < -0.4 is 0 Å². The molecule has 0 radical (unpaired) electrons. The van der Waals surface area contributed by atoms with Crippen molar-refractivity contribution in [3.05, 3.63) is 39.4 Å². The normalized spacial score (nSPS) is 9.23. The van der Waals surface area contributed by atoms with E-state index in [0.717, 1.165) is 0 Å². The maximum atomic E-state index is 10.6. The highest BCUT2D eigenvalue weighted by atomic mass is 79.9. The highest BCUT2D eigenvalue weighted by Crippen LogP contribution is 2.24. The number of nitro benzene ring substituents is 1. The van der Waals surface area contributed by atoms with Crippen molar-refractivity contribution >= 4 is 21.6 Å². The Hall–Kier alpha value is -1.41. The van der Waals surface area contributed by atoms with E-state index in [0.29, 0.717) is 10.9 Å². The molecule has 4 nitrogen and oxygen atoms in total. The summed E-state index contributed by atoms with van der Waals surface area (Å²) in [6.07, 6.45) is 0. The zero-order chi connectivity index (χ0) is 9.84. The molecule has 0 saturated carbocycles. The molecule has 0 amide bonds. The molecule has 13 heavy (non-hydrogen) atoms. The summed E-state index contributed by atoms with van der Waals surface area (Å²) in [5.41, 5.74) is 0.507. The number of halogens is 1. The molecular weight excluding hydrogens is 236 g/mol. The van der Waals surface area contributed by atoms with E-state index in [-0.39, 0.29) is 11.3 Å². The van der Waals surface area contributed by atoms with Gasteiger partial charge in [0, 0.05) is 10.9 Å². The molecule has 0 bridgehead atoms. The van der Waals surface area contributed by atoms with E-state index in [1.807, 2.05) is 0 Å². The van der Waals surface area contributed by atoms with Crippen LogP contribution >= 0.6 is 15.9 Å². The highest BCUT2D eigenvalue weighted by molar-refractivity contribution is 9.08. The monoisotopic (exact) mass is 240 g/mol. The third-order valence-corrected chi connectivity index (χ3v) is 2.17. The lowest BCUT2D eigenvalue weighted by Gasteiger charge is -1.99. The highest BCUT2D eigenvalue weighted by Gasteiger charge is 2.17. The number of nitro groups is 1. The van der Waals surface area contributed by atoms with Crippen LogP contribution in [0.2, 0.25) is 0 Å². The van der Waals surface area contributed by atoms with Gasteiger partial charge in [0.15, 0.2) is 0 Å². The maximum Gasteiger partial charge on any atom is 0.291 e. The van der Waals surface area contributed by atoms with Gasteiger partial charge in [-0.15, -0.1) is 0 Å². The fourth-order valence-electron chi connectivity index (χ4n) is 1.00. The van der Waals surface area contributed by atoms with E-state index >= 15 is 0 Å². The van der Waals surface area contributed by atoms with Crippen molar-refractivity contribution in [2.24, 2.45) is 0 Å². The molecule has 5 heteroatoms. The zero-order valence-electron chi connectivity index (χ0n) is 6.53. The molecule has 0 fully saturated rings. The molecule has 0 aromatic heterocycles. The summed E-state index contributed by atoms with van der Waals surface area (Å²) in [7, 11) is 0. The van der Waals surface area contributed by atoms with Crippen LogP contribution in [-0.4, -0.2) is 4.92 Å². The fraction of sp³-hybridized carbons (Fsp3) is 0.125. The average molecular weight is 241 g/mol. The van der Waals surface area contributed by atoms with Crippen LogP contribution in [-0.2, 0) is 5.33 Å². The quantitative estimate of drug-likeness (QED) is 0.453. The second kappa shape index (κ2) is 4.01. The molecule has 0 heterocycles. The predicted octanol–water partition coefficient (Wildman–Crippen LogP) is 2.36. The second-order valence-electron chi connectivity index (χ2n) is 2.32. The molecule has 0 aliphatic carbocycles. The van der Waals surface area contributed by atoms with Gasteiger partial charge in [0.25, 0.3) is 5.69 Å². The molecule has 0 saturated heterocycles. The second-order valence-corrected chi connectivity index (χ2v) is 2.88. The zero-order valence-corrected chi connectivity index (χ0v) is 8.11. The van der Waals surface area contributed by atoms with E-state index in [1.165, 1.54) is 6.07 Å². The Labute approximate surface area is 83.1 Å². The van der Waals surface area contributed by atoms with Gasteiger partial charge in [0.1, 0.15) is 11.6 Å². The van der Waals surface area contributed by atoms with Gasteiger partial charge >= 0.3 is 0 Å². The number of rotatable bonds is 2. The molecular formula is C8H5BrN2O2. The smallest absolute Gasteiger partial charge is 0.258 e. The number of hydrogen-bond donors (Lipinski definition) is 0. The summed E-state index contributed by atoms with van der Waals surface area (Å²) in [6, 6.07) is 6.47. The predicted molar refractivity (Wildman–Crippen MR) is 50.4 cm³/mol. The number of nitrogens with zero attached hydrogens (tertiary/aromatic N) is 2. The van der Waals surface area contributed by atoms with Gasteiger partial charge in [0.05, 0.1) is 4.92 Å². The Morgan fingerprint density at radius 3 is 2.77 bits per heavy atom. The Bertz CT molecular complexity index is 384. The number of nitriles is 1. The first-order chi connectivity index (χ1) is 6.20. The van der Waals surface area contributed by atoms with Gasteiger partial charge in [-0.2, -0.15) is 5.26 Å². The van der Waals surface area contributed by atoms with E-state index < -0.39 is 4.92 Å². The van der Waals surface area contributed by atoms with Crippen LogP contribution in [0.5, 0.6) is 0 Å². The fourth-order valence-corrected chi connectivity index (χ4v) is 1.46. The summed E-state index contributed by atoms with van der Waals surface area (Å²) in [6.45, 7) is 0. The molecule has 0 aliphatic rings. The minimum atomic E-state index is -0.533. The Balaban J connectivity index is 3.41. The Morgan fingerprint density at radius 2 is 2.31 bits per heavy atom. The van der Waals surface area contributed by atoms with E-state index in [2.05, 4.69) is 15.9 Å². The summed E-state index contributed by atoms with van der Waals surface area (Å²) in [4.78, 5) is 10.1. The van der Waals surface area contributed by atoms with Crippen molar-refractivity contribution in [2.75, 3.05) is 0 Å². The van der Waals surface area contributed by atoms with Crippen LogP contribution in [0.1, 0.15) is 11.1 Å². The lowest BCUT2D eigenvalue weighted by atomic mass is 10.1. The summed E-state index contributed by atoms with van der Waals surface area (Å²) in [5.74, 6) is 0. The molecule has 0 unspecified atom stereocenters. The minimum Gasteiger partial charge on any atom is -0.258 e. The van der Waals surface area contributed by atoms with Gasteiger partial charge in [-0.05, 0) is 6.07 Å². The van der Waals surface area contributed by atoms with Crippen LogP contribution in [0.25, 0.3) is 0 Å². The average Bonchev–Trinajstić information content (AvgIpc) is 2.16. The van der Waals surface area contributed by atoms with Crippen molar-refractivity contribution < 1.29 is 4.92 Å². The van der Waals surface area contributed by atoms with E-state index in [4.69, 9.17) is 5.26 Å². The largest absolute Gasteiger partial charge is 0.291 e. The first kappa shape index (κ1) is 9.68. The van der Waals surface area contributed by atoms with Crippen molar-refractivity contribution in [1.29, 1.82) is 5.26 Å². The summed E-state index contributed by atoms with van der Waals surface area (Å²) >= 11 is 3.13. The number of benzene rings is 1. The SMILES string of the molecule is N#Cc1cccc(CBr)c1[N+](=O)[O-]. The molecule has 0 spiro atoms. The third-order valence-electron chi connectivity index (χ3n) is 1.57. The number of para-hydroxylation sites is 1. The van der Waals surface area contributed by atoms with Crippen LogP contribution in [0, 0.1) is 21.4 Å². The third kappa shape index (κ3) is 1.84. The van der Waals surface area contributed by atoms with Gasteiger partial charge < -0.3 is 0 Å². The van der Waals surface area contributed by atoms with Crippen LogP contribution in [0.15, 0.2) is 18.2 Å². The van der Waals surface area contributed by atoms with E-state index in [1.54, 1.807) is 18.2 Å². The minimum absolute atomic E-state index is 0.0990. The molecule has 0 N–H and O–H groups in total. The lowest BCUT2D eigenvalue weighted by Crippen LogP contribution is -1.96. The van der Waals surface area contributed by atoms with Crippen LogP contribution in [0.4, 0.5) is 5.69 Å². The van der Waals surface area contributed by atoms with Gasteiger partial charge in [-0.1, -0.05) is 28.1 Å². The molecule has 0 aliphatic heterocycles. The molecule has 1 rings (SSSR count). The standard InChI is InChI=1S/C8H5BrN2O2/c9-4-6-2-1-3-7(5-10)8(6)11(12)13/h1-3H,4H2. The van der Waals surface area contributed by atoms with Crippen LogP contribution in [0.3, 0.4) is 0 Å². The molecule has 1 aromatic rings. The number of hydrogen-bond acceptors (Lipinski definition) is 3. The van der Waals surface area contributed by atoms with Gasteiger partial charge in [-0.25, -0.2) is 0 Å². The van der Waals surface area contributed by atoms with E-state index in [9.17, 15) is 10.1 Å². The van der Waals surface area contributed by atoms with Gasteiger partial charge in [0.2, 0.25) is 0 Å². The van der Waals surface area contributed by atoms with Crippen molar-refractivity contribution in [3.63, 3.8) is 0 Å². The summed E-state index contributed by atoms with van der Waals surface area (Å²) < 4.78 is 0. The van der Waals surface area contributed by atoms with Crippen molar-refractivity contribution in [1.82, 2.24) is 0 Å². The lowest BCUT2D eigenvalue weighted by molar-refractivity contribution is -0.385. The maximum absolute atomic E-state index is 10.6. The Kier molecular flexibility index (Phi) is 2.98. The van der Waals surface area contributed by atoms with Gasteiger partial charge in [-0.3, -0.25) is 10.1 Å². The molecule has 66 valence electrons.